The molecule has 0 unspecified atom stereocenters. The third kappa shape index (κ3) is 4.46. The first-order valence-electron chi connectivity index (χ1n) is 8.49. The number of hydrogen-bond acceptors (Lipinski definition) is 2. The van der Waals surface area contributed by atoms with Crippen LogP contribution in [0.25, 0.3) is 0 Å². The van der Waals surface area contributed by atoms with Crippen LogP contribution in [-0.2, 0) is 6.54 Å². The van der Waals surface area contributed by atoms with Gasteiger partial charge in [-0.2, -0.15) is 0 Å². The van der Waals surface area contributed by atoms with Crippen molar-refractivity contribution in [1.82, 2.24) is 4.90 Å². The maximum absolute atomic E-state index is 12.4. The molecule has 0 atom stereocenters. The predicted molar refractivity (Wildman–Crippen MR) is 102 cm³/mol. The van der Waals surface area contributed by atoms with Gasteiger partial charge in [-0.3, -0.25) is 9.69 Å². The zero-order valence-electron chi connectivity index (χ0n) is 14.0. The maximum Gasteiger partial charge on any atom is 0.255 e. The van der Waals surface area contributed by atoms with Crippen molar-refractivity contribution >= 4 is 27.5 Å². The lowest BCUT2D eigenvalue weighted by atomic mass is 9.99. The van der Waals surface area contributed by atoms with Gasteiger partial charge in [0.15, 0.2) is 0 Å². The second-order valence-electron chi connectivity index (χ2n) is 6.59. The van der Waals surface area contributed by atoms with E-state index in [1.54, 1.807) is 0 Å². The highest BCUT2D eigenvalue weighted by molar-refractivity contribution is 9.10. The maximum atomic E-state index is 12.4. The molecule has 3 nitrogen and oxygen atoms in total. The molecule has 3 rings (SSSR count). The van der Waals surface area contributed by atoms with Crippen LogP contribution in [0.5, 0.6) is 0 Å². The Balaban J connectivity index is 1.59. The number of piperidine rings is 1. The van der Waals surface area contributed by atoms with E-state index in [4.69, 9.17) is 0 Å². The number of benzene rings is 2. The summed E-state index contributed by atoms with van der Waals surface area (Å²) in [6.07, 6.45) is 2.57. The smallest absolute Gasteiger partial charge is 0.255 e. The molecule has 1 heterocycles. The molecular weight excluding hydrogens is 364 g/mol. The highest BCUT2D eigenvalue weighted by atomic mass is 79.9. The zero-order valence-corrected chi connectivity index (χ0v) is 15.6. The van der Waals surface area contributed by atoms with E-state index in [9.17, 15) is 4.79 Å². The van der Waals surface area contributed by atoms with E-state index < -0.39 is 0 Å². The monoisotopic (exact) mass is 386 g/mol. The van der Waals surface area contributed by atoms with E-state index in [0.29, 0.717) is 5.56 Å². The molecule has 0 aliphatic carbocycles. The van der Waals surface area contributed by atoms with Gasteiger partial charge in [-0.15, -0.1) is 0 Å². The van der Waals surface area contributed by atoms with E-state index in [2.05, 4.69) is 45.2 Å². The first-order valence-corrected chi connectivity index (χ1v) is 9.28. The summed E-state index contributed by atoms with van der Waals surface area (Å²) < 4.78 is 0.884. The molecule has 4 heteroatoms. The molecule has 0 bridgehead atoms. The summed E-state index contributed by atoms with van der Waals surface area (Å²) in [5, 5.41) is 2.94. The van der Waals surface area contributed by atoms with Crippen molar-refractivity contribution in [3.05, 3.63) is 64.1 Å². The molecule has 126 valence electrons. The molecule has 1 saturated heterocycles. The number of nitrogens with zero attached hydrogens (tertiary/aromatic N) is 1. The second-order valence-corrected chi connectivity index (χ2v) is 7.44. The molecule has 1 fully saturated rings. The average molecular weight is 387 g/mol. The fourth-order valence-corrected chi connectivity index (χ4v) is 3.38. The van der Waals surface area contributed by atoms with Gasteiger partial charge < -0.3 is 5.32 Å². The van der Waals surface area contributed by atoms with Gasteiger partial charge in [-0.05, 0) is 77.6 Å². The van der Waals surface area contributed by atoms with Crippen molar-refractivity contribution in [2.45, 2.75) is 26.3 Å². The van der Waals surface area contributed by atoms with Gasteiger partial charge in [0.2, 0.25) is 0 Å². The highest BCUT2D eigenvalue weighted by Gasteiger charge is 2.16. The van der Waals surface area contributed by atoms with Crippen molar-refractivity contribution in [3.63, 3.8) is 0 Å². The average Bonchev–Trinajstić information content (AvgIpc) is 2.59. The summed E-state index contributed by atoms with van der Waals surface area (Å²) in [4.78, 5) is 14.9. The number of carbonyl (C=O) groups excluding carboxylic acids is 1. The molecule has 1 N–H and O–H groups in total. The van der Waals surface area contributed by atoms with E-state index >= 15 is 0 Å². The molecule has 1 aliphatic rings. The van der Waals surface area contributed by atoms with Crippen LogP contribution in [0.15, 0.2) is 53.0 Å². The number of carbonyl (C=O) groups is 1. The third-order valence-corrected chi connectivity index (χ3v) is 5.31. The molecule has 2 aromatic carbocycles. The van der Waals surface area contributed by atoms with Crippen LogP contribution in [0.3, 0.4) is 0 Å². The van der Waals surface area contributed by atoms with Crippen molar-refractivity contribution in [3.8, 4) is 0 Å². The molecule has 2 aromatic rings. The lowest BCUT2D eigenvalue weighted by Gasteiger charge is -2.30. The van der Waals surface area contributed by atoms with Gasteiger partial charge in [0.05, 0.1) is 5.69 Å². The minimum absolute atomic E-state index is 0.0831. The Morgan fingerprint density at radius 1 is 1.12 bits per heavy atom. The van der Waals surface area contributed by atoms with Crippen LogP contribution in [0.2, 0.25) is 0 Å². The standard InChI is InChI=1S/C20H23BrN2O/c1-15-10-12-23(13-11-15)14-16-6-8-17(9-7-16)20(24)22-19-5-3-2-4-18(19)21/h2-9,15H,10-14H2,1H3,(H,22,24). The number of halogens is 1. The summed E-state index contributed by atoms with van der Waals surface area (Å²) in [6.45, 7) is 5.64. The van der Waals surface area contributed by atoms with Crippen LogP contribution in [-0.4, -0.2) is 23.9 Å². The molecule has 0 radical (unpaired) electrons. The molecule has 0 saturated carbocycles. The number of anilines is 1. The predicted octanol–water partition coefficient (Wildman–Crippen LogP) is 4.93. The highest BCUT2D eigenvalue weighted by Crippen LogP contribution is 2.22. The summed E-state index contributed by atoms with van der Waals surface area (Å²) in [5.41, 5.74) is 2.73. The zero-order chi connectivity index (χ0) is 16.9. The lowest BCUT2D eigenvalue weighted by Crippen LogP contribution is -2.32. The van der Waals surface area contributed by atoms with Crippen LogP contribution in [0, 0.1) is 5.92 Å². The summed E-state index contributed by atoms with van der Waals surface area (Å²) in [7, 11) is 0. The van der Waals surface area contributed by atoms with Crippen molar-refractivity contribution in [2.75, 3.05) is 18.4 Å². The van der Waals surface area contributed by atoms with Crippen molar-refractivity contribution in [2.24, 2.45) is 5.92 Å². The van der Waals surface area contributed by atoms with E-state index in [-0.39, 0.29) is 5.91 Å². The number of amides is 1. The minimum atomic E-state index is -0.0831. The largest absolute Gasteiger partial charge is 0.321 e. The van der Waals surface area contributed by atoms with E-state index in [1.807, 2.05) is 36.4 Å². The summed E-state index contributed by atoms with van der Waals surface area (Å²) in [6, 6.07) is 15.6. The number of hydrogen-bond donors (Lipinski definition) is 1. The summed E-state index contributed by atoms with van der Waals surface area (Å²) >= 11 is 3.45. The van der Waals surface area contributed by atoms with Crippen molar-refractivity contribution in [1.29, 1.82) is 0 Å². The quantitative estimate of drug-likeness (QED) is 0.807. The molecule has 1 amide bonds. The first kappa shape index (κ1) is 17.2. The Bertz CT molecular complexity index is 691. The Morgan fingerprint density at radius 3 is 2.46 bits per heavy atom. The second kappa shape index (κ2) is 7.95. The Kier molecular flexibility index (Phi) is 5.69. The van der Waals surface area contributed by atoms with Gasteiger partial charge in [-0.1, -0.05) is 31.2 Å². The Hall–Kier alpha value is -1.65. The fraction of sp³-hybridized carbons (Fsp3) is 0.350. The topological polar surface area (TPSA) is 32.3 Å². The van der Waals surface area contributed by atoms with Crippen LogP contribution >= 0.6 is 15.9 Å². The lowest BCUT2D eigenvalue weighted by molar-refractivity contribution is 0.102. The third-order valence-electron chi connectivity index (χ3n) is 4.62. The summed E-state index contributed by atoms with van der Waals surface area (Å²) in [5.74, 6) is 0.768. The van der Waals surface area contributed by atoms with Gasteiger partial charge in [0, 0.05) is 16.6 Å². The number of likely N-dealkylation sites (tertiary alicyclic amines) is 1. The molecule has 0 aromatic heterocycles. The van der Waals surface area contributed by atoms with Crippen LogP contribution in [0.4, 0.5) is 5.69 Å². The Labute approximate surface area is 152 Å². The van der Waals surface area contributed by atoms with Crippen molar-refractivity contribution < 1.29 is 4.79 Å². The molecular formula is C20H23BrN2O. The Morgan fingerprint density at radius 2 is 1.79 bits per heavy atom. The van der Waals surface area contributed by atoms with Crippen LogP contribution < -0.4 is 5.32 Å². The molecule has 1 aliphatic heterocycles. The number of para-hydroxylation sites is 1. The van der Waals surface area contributed by atoms with Crippen LogP contribution in [0.1, 0.15) is 35.7 Å². The van der Waals surface area contributed by atoms with Gasteiger partial charge in [0.1, 0.15) is 0 Å². The number of nitrogens with one attached hydrogen (secondary N) is 1. The first-order chi connectivity index (χ1) is 11.6. The number of rotatable bonds is 4. The van der Waals surface area contributed by atoms with Gasteiger partial charge in [-0.25, -0.2) is 0 Å². The molecule has 0 spiro atoms. The van der Waals surface area contributed by atoms with Gasteiger partial charge >= 0.3 is 0 Å². The molecule has 24 heavy (non-hydrogen) atoms. The van der Waals surface area contributed by atoms with E-state index in [0.717, 1.165) is 22.6 Å². The normalized spacial score (nSPS) is 16.1. The minimum Gasteiger partial charge on any atom is -0.321 e. The van der Waals surface area contributed by atoms with E-state index in [1.165, 1.54) is 31.5 Å². The fourth-order valence-electron chi connectivity index (χ4n) is 3.00. The SMILES string of the molecule is CC1CCN(Cc2ccc(C(=O)Nc3ccccc3Br)cc2)CC1. The van der Waals surface area contributed by atoms with Gasteiger partial charge in [0.25, 0.3) is 5.91 Å².